The predicted molar refractivity (Wildman–Crippen MR) is 100 cm³/mol. The van der Waals surface area contributed by atoms with Crippen LogP contribution in [0.3, 0.4) is 0 Å². The molecule has 0 aliphatic rings. The summed E-state index contributed by atoms with van der Waals surface area (Å²) < 4.78 is 0. The highest BCUT2D eigenvalue weighted by atomic mass is 16.1. The highest BCUT2D eigenvalue weighted by Gasteiger charge is 2.09. The normalized spacial score (nSPS) is 11.1. The van der Waals surface area contributed by atoms with Crippen molar-refractivity contribution in [3.63, 3.8) is 0 Å². The molecule has 4 rings (SSSR count). The van der Waals surface area contributed by atoms with Crippen LogP contribution in [0.5, 0.6) is 0 Å². The summed E-state index contributed by atoms with van der Waals surface area (Å²) in [5.41, 5.74) is 3.91. The van der Waals surface area contributed by atoms with Crippen LogP contribution in [-0.2, 0) is 11.2 Å². The molecule has 7 heteroatoms. The van der Waals surface area contributed by atoms with E-state index in [-0.39, 0.29) is 24.3 Å². The molecule has 0 bridgehead atoms. The maximum absolute atomic E-state index is 12.2. The van der Waals surface area contributed by atoms with E-state index in [2.05, 4.69) is 25.3 Å². The Morgan fingerprint density at radius 1 is 1.04 bits per heavy atom. The van der Waals surface area contributed by atoms with Crippen molar-refractivity contribution in [3.8, 4) is 0 Å². The van der Waals surface area contributed by atoms with E-state index in [1.165, 1.54) is 0 Å². The first-order valence-corrected chi connectivity index (χ1v) is 8.33. The fraction of sp³-hybridized carbons (Fsp3) is 0.158. The number of para-hydroxylation sites is 2. The maximum atomic E-state index is 12.2. The molecule has 26 heavy (non-hydrogen) atoms. The number of amides is 1. The van der Waals surface area contributed by atoms with Crippen LogP contribution in [0.25, 0.3) is 22.1 Å². The Kier molecular flexibility index (Phi) is 3.96. The van der Waals surface area contributed by atoms with Crippen molar-refractivity contribution in [1.82, 2.24) is 19.9 Å². The van der Waals surface area contributed by atoms with Gasteiger partial charge in [-0.1, -0.05) is 12.1 Å². The van der Waals surface area contributed by atoms with Crippen LogP contribution in [0.4, 0.5) is 5.69 Å². The summed E-state index contributed by atoms with van der Waals surface area (Å²) in [7, 11) is 0. The van der Waals surface area contributed by atoms with Crippen molar-refractivity contribution in [2.24, 2.45) is 0 Å². The standard InChI is InChI=1S/C19H17N5O2/c1-11-20-15-7-6-12(10-17(15)21-11)22-18(25)9-8-16-19(26)24-14-5-3-2-4-13(14)23-16/h2-7,10H,8-9H2,1H3,(H,20,21)(H,22,25)(H,24,26). The second-order valence-corrected chi connectivity index (χ2v) is 6.13. The zero-order valence-electron chi connectivity index (χ0n) is 14.2. The van der Waals surface area contributed by atoms with Gasteiger partial charge in [0.05, 0.1) is 22.1 Å². The third-order valence-electron chi connectivity index (χ3n) is 4.14. The zero-order valence-corrected chi connectivity index (χ0v) is 14.2. The van der Waals surface area contributed by atoms with Gasteiger partial charge in [-0.05, 0) is 37.3 Å². The fourth-order valence-corrected chi connectivity index (χ4v) is 2.91. The summed E-state index contributed by atoms with van der Waals surface area (Å²) in [6, 6.07) is 12.8. The highest BCUT2D eigenvalue weighted by Crippen LogP contribution is 2.17. The Morgan fingerprint density at radius 2 is 1.85 bits per heavy atom. The third-order valence-corrected chi connectivity index (χ3v) is 4.14. The number of aromatic nitrogens is 4. The Morgan fingerprint density at radius 3 is 2.73 bits per heavy atom. The van der Waals surface area contributed by atoms with E-state index in [0.29, 0.717) is 22.4 Å². The second-order valence-electron chi connectivity index (χ2n) is 6.13. The number of benzene rings is 2. The Balaban J connectivity index is 1.46. The lowest BCUT2D eigenvalue weighted by Crippen LogP contribution is -2.19. The van der Waals surface area contributed by atoms with Gasteiger partial charge in [-0.3, -0.25) is 9.59 Å². The van der Waals surface area contributed by atoms with Crippen molar-refractivity contribution in [2.75, 3.05) is 5.32 Å². The molecule has 1 amide bonds. The van der Waals surface area contributed by atoms with E-state index in [9.17, 15) is 9.59 Å². The van der Waals surface area contributed by atoms with E-state index in [1.807, 2.05) is 43.3 Å². The van der Waals surface area contributed by atoms with Crippen molar-refractivity contribution >= 4 is 33.7 Å². The van der Waals surface area contributed by atoms with Crippen LogP contribution in [0.15, 0.2) is 47.3 Å². The summed E-state index contributed by atoms with van der Waals surface area (Å²) >= 11 is 0. The predicted octanol–water partition coefficient (Wildman–Crippen LogP) is 2.68. The van der Waals surface area contributed by atoms with Crippen molar-refractivity contribution < 1.29 is 4.79 Å². The number of aromatic amines is 2. The summed E-state index contributed by atoms with van der Waals surface area (Å²) in [6.07, 6.45) is 0.450. The lowest BCUT2D eigenvalue weighted by molar-refractivity contribution is -0.116. The minimum atomic E-state index is -0.258. The molecule has 0 aliphatic carbocycles. The van der Waals surface area contributed by atoms with E-state index in [0.717, 1.165) is 16.9 Å². The average Bonchev–Trinajstić information content (AvgIpc) is 2.99. The van der Waals surface area contributed by atoms with Crippen LogP contribution in [0.2, 0.25) is 0 Å². The Hall–Kier alpha value is -3.48. The van der Waals surface area contributed by atoms with Crippen molar-refractivity contribution in [2.45, 2.75) is 19.8 Å². The maximum Gasteiger partial charge on any atom is 0.270 e. The van der Waals surface area contributed by atoms with E-state index in [4.69, 9.17) is 0 Å². The largest absolute Gasteiger partial charge is 0.342 e. The number of aryl methyl sites for hydroxylation is 2. The molecule has 0 radical (unpaired) electrons. The van der Waals surface area contributed by atoms with Crippen LogP contribution in [0, 0.1) is 6.92 Å². The van der Waals surface area contributed by atoms with Gasteiger partial charge in [0, 0.05) is 18.5 Å². The van der Waals surface area contributed by atoms with Gasteiger partial charge in [0.25, 0.3) is 5.56 Å². The van der Waals surface area contributed by atoms with Gasteiger partial charge in [-0.25, -0.2) is 9.97 Å². The number of nitrogens with one attached hydrogen (secondary N) is 3. The zero-order chi connectivity index (χ0) is 18.1. The van der Waals surface area contributed by atoms with E-state index >= 15 is 0 Å². The third kappa shape index (κ3) is 3.19. The summed E-state index contributed by atoms with van der Waals surface area (Å²) in [5.74, 6) is 0.653. The number of hydrogen-bond acceptors (Lipinski definition) is 4. The molecular formula is C19H17N5O2. The van der Waals surface area contributed by atoms with Gasteiger partial charge in [-0.2, -0.15) is 0 Å². The van der Waals surface area contributed by atoms with Gasteiger partial charge in [0.1, 0.15) is 11.5 Å². The minimum Gasteiger partial charge on any atom is -0.342 e. The molecule has 0 saturated heterocycles. The van der Waals surface area contributed by atoms with Crippen LogP contribution >= 0.6 is 0 Å². The molecule has 0 spiro atoms. The number of anilines is 1. The smallest absolute Gasteiger partial charge is 0.270 e. The quantitative estimate of drug-likeness (QED) is 0.528. The van der Waals surface area contributed by atoms with Crippen molar-refractivity contribution in [1.29, 1.82) is 0 Å². The van der Waals surface area contributed by atoms with Crippen molar-refractivity contribution in [3.05, 3.63) is 64.3 Å². The Bertz CT molecular complexity index is 1180. The summed E-state index contributed by atoms with van der Waals surface area (Å²) in [5, 5.41) is 2.84. The van der Waals surface area contributed by atoms with E-state index in [1.54, 1.807) is 6.07 Å². The number of fused-ring (bicyclic) bond motifs is 2. The molecule has 130 valence electrons. The van der Waals surface area contributed by atoms with Gasteiger partial charge in [-0.15, -0.1) is 0 Å². The molecule has 0 fully saturated rings. The number of imidazole rings is 1. The van der Waals surface area contributed by atoms with Crippen LogP contribution in [-0.4, -0.2) is 25.8 Å². The number of carbonyl (C=O) groups excluding carboxylic acids is 1. The van der Waals surface area contributed by atoms with Crippen LogP contribution in [0.1, 0.15) is 17.9 Å². The number of H-pyrrole nitrogens is 2. The molecule has 2 aromatic carbocycles. The van der Waals surface area contributed by atoms with Gasteiger partial charge in [0.2, 0.25) is 5.91 Å². The molecule has 0 aliphatic heterocycles. The summed E-state index contributed by atoms with van der Waals surface area (Å²) in [6.45, 7) is 1.88. The number of hydrogen-bond donors (Lipinski definition) is 3. The highest BCUT2D eigenvalue weighted by molar-refractivity contribution is 5.93. The number of carbonyl (C=O) groups is 1. The van der Waals surface area contributed by atoms with Gasteiger partial charge < -0.3 is 15.3 Å². The minimum absolute atomic E-state index is 0.171. The lowest BCUT2D eigenvalue weighted by atomic mass is 10.2. The molecule has 3 N–H and O–H groups in total. The molecule has 0 saturated carbocycles. The molecule has 0 unspecified atom stereocenters. The molecule has 2 heterocycles. The van der Waals surface area contributed by atoms with Gasteiger partial charge >= 0.3 is 0 Å². The first-order chi connectivity index (χ1) is 12.6. The molecule has 4 aromatic rings. The number of rotatable bonds is 4. The van der Waals surface area contributed by atoms with E-state index < -0.39 is 0 Å². The fourth-order valence-electron chi connectivity index (χ4n) is 2.91. The molecule has 0 atom stereocenters. The van der Waals surface area contributed by atoms with Gasteiger partial charge in [0.15, 0.2) is 0 Å². The monoisotopic (exact) mass is 347 g/mol. The first kappa shape index (κ1) is 16.0. The SMILES string of the molecule is Cc1nc2ccc(NC(=O)CCc3nc4ccccc4[nH]c3=O)cc2[nH]1. The number of nitrogens with zero attached hydrogens (tertiary/aromatic N) is 2. The first-order valence-electron chi connectivity index (χ1n) is 8.33. The topological polar surface area (TPSA) is 104 Å². The molecular weight excluding hydrogens is 330 g/mol. The molecule has 2 aromatic heterocycles. The van der Waals surface area contributed by atoms with Crippen LogP contribution < -0.4 is 10.9 Å². The molecule has 7 nitrogen and oxygen atoms in total. The lowest BCUT2D eigenvalue weighted by Gasteiger charge is -2.05. The average molecular weight is 347 g/mol. The summed E-state index contributed by atoms with van der Waals surface area (Å²) in [4.78, 5) is 38.9. The Labute approximate surface area is 148 Å². The second kappa shape index (κ2) is 6.44.